The lowest BCUT2D eigenvalue weighted by molar-refractivity contribution is -0.116. The molecule has 0 bridgehead atoms. The molecule has 0 rings (SSSR count). The van der Waals surface area contributed by atoms with E-state index in [4.69, 9.17) is 0 Å². The summed E-state index contributed by atoms with van der Waals surface area (Å²) in [5.74, 6) is 0.0590. The Morgan fingerprint density at radius 2 is 1.89 bits per heavy atom. The normalized spacial score (nSPS) is 10.0. The Hall–Kier alpha value is -0.920. The number of rotatable bonds is 3. The molecule has 0 amide bonds. The fraction of sp³-hybridized carbons (Fsp3) is 0.429. The van der Waals surface area contributed by atoms with Crippen LogP contribution in [0.5, 0.6) is 0 Å². The second kappa shape index (κ2) is 4.01. The molecule has 0 radical (unpaired) electrons. The van der Waals surface area contributed by atoms with E-state index in [-0.39, 0.29) is 11.6 Å². The predicted octanol–water partition coefficient (Wildman–Crippen LogP) is 1.11. The molecular formula is C7H10O2. The van der Waals surface area contributed by atoms with E-state index in [0.717, 1.165) is 0 Å². The van der Waals surface area contributed by atoms with Gasteiger partial charge in [0.2, 0.25) is 0 Å². The van der Waals surface area contributed by atoms with Crippen LogP contribution in [0.15, 0.2) is 12.2 Å². The SMILES string of the molecule is CC(=O)/C=C/CC(C)=O. The topological polar surface area (TPSA) is 34.1 Å². The standard InChI is InChI=1S/C7H10O2/c1-6(8)4-3-5-7(2)9/h3-4H,5H2,1-2H3/b4-3+. The molecule has 0 saturated carbocycles. The summed E-state index contributed by atoms with van der Waals surface area (Å²) in [6, 6.07) is 0. The first-order chi connectivity index (χ1) is 4.13. The van der Waals surface area contributed by atoms with Crippen LogP contribution in [0.25, 0.3) is 0 Å². The molecule has 0 aromatic rings. The highest BCUT2D eigenvalue weighted by atomic mass is 16.1. The largest absolute Gasteiger partial charge is 0.300 e. The van der Waals surface area contributed by atoms with Crippen molar-refractivity contribution in [1.29, 1.82) is 0 Å². The summed E-state index contributed by atoms with van der Waals surface area (Å²) in [5, 5.41) is 0. The van der Waals surface area contributed by atoms with Crippen LogP contribution in [0.2, 0.25) is 0 Å². The minimum absolute atomic E-state index is 0.0174. The van der Waals surface area contributed by atoms with E-state index in [1.54, 1.807) is 6.08 Å². The van der Waals surface area contributed by atoms with E-state index in [9.17, 15) is 9.59 Å². The molecule has 0 heterocycles. The van der Waals surface area contributed by atoms with Crippen molar-refractivity contribution in [3.63, 3.8) is 0 Å². The van der Waals surface area contributed by atoms with Crippen LogP contribution in [-0.2, 0) is 9.59 Å². The van der Waals surface area contributed by atoms with Gasteiger partial charge < -0.3 is 0 Å². The number of hydrogen-bond acceptors (Lipinski definition) is 2. The van der Waals surface area contributed by atoms with Crippen LogP contribution in [0.3, 0.4) is 0 Å². The molecule has 0 spiro atoms. The van der Waals surface area contributed by atoms with Gasteiger partial charge in [0, 0.05) is 6.42 Å². The Morgan fingerprint density at radius 1 is 1.33 bits per heavy atom. The monoisotopic (exact) mass is 126 g/mol. The first kappa shape index (κ1) is 8.08. The molecule has 0 N–H and O–H groups in total. The van der Waals surface area contributed by atoms with Crippen molar-refractivity contribution in [2.45, 2.75) is 20.3 Å². The summed E-state index contributed by atoms with van der Waals surface area (Å²) in [4.78, 5) is 20.5. The maximum Gasteiger partial charge on any atom is 0.152 e. The number of allylic oxidation sites excluding steroid dienone is 2. The zero-order chi connectivity index (χ0) is 7.28. The van der Waals surface area contributed by atoms with Crippen LogP contribution in [0.1, 0.15) is 20.3 Å². The number of carbonyl (C=O) groups is 2. The van der Waals surface area contributed by atoms with Gasteiger partial charge >= 0.3 is 0 Å². The van der Waals surface area contributed by atoms with Gasteiger partial charge in [-0.15, -0.1) is 0 Å². The average molecular weight is 126 g/mol. The van der Waals surface area contributed by atoms with Gasteiger partial charge in [0.15, 0.2) is 5.78 Å². The summed E-state index contributed by atoms with van der Waals surface area (Å²) in [6.07, 6.45) is 3.34. The molecule has 0 aliphatic carbocycles. The molecule has 0 atom stereocenters. The summed E-state index contributed by atoms with van der Waals surface area (Å²) < 4.78 is 0. The third kappa shape index (κ3) is 7.08. The van der Waals surface area contributed by atoms with Crippen molar-refractivity contribution in [2.75, 3.05) is 0 Å². The van der Waals surface area contributed by atoms with Crippen molar-refractivity contribution in [1.82, 2.24) is 0 Å². The van der Waals surface area contributed by atoms with Crippen LogP contribution in [0, 0.1) is 0 Å². The van der Waals surface area contributed by atoms with Crippen LogP contribution in [0.4, 0.5) is 0 Å². The maximum absolute atomic E-state index is 10.3. The van der Waals surface area contributed by atoms with Gasteiger partial charge in [0.1, 0.15) is 5.78 Å². The molecule has 0 aromatic carbocycles. The van der Waals surface area contributed by atoms with Gasteiger partial charge in [-0.3, -0.25) is 9.59 Å². The molecule has 0 aliphatic rings. The Morgan fingerprint density at radius 3 is 2.22 bits per heavy atom. The molecule has 0 saturated heterocycles. The van der Waals surface area contributed by atoms with Gasteiger partial charge in [-0.05, 0) is 19.9 Å². The molecule has 0 unspecified atom stereocenters. The molecule has 2 nitrogen and oxygen atoms in total. The first-order valence-electron chi connectivity index (χ1n) is 2.79. The van der Waals surface area contributed by atoms with Gasteiger partial charge in [0.05, 0.1) is 0 Å². The Bertz CT molecular complexity index is 145. The minimum Gasteiger partial charge on any atom is -0.300 e. The van der Waals surface area contributed by atoms with E-state index in [0.29, 0.717) is 6.42 Å². The second-order valence-corrected chi connectivity index (χ2v) is 1.92. The van der Waals surface area contributed by atoms with Crippen LogP contribution >= 0.6 is 0 Å². The third-order valence-corrected chi connectivity index (χ3v) is 0.758. The molecule has 50 valence electrons. The van der Waals surface area contributed by atoms with Crippen LogP contribution < -0.4 is 0 Å². The van der Waals surface area contributed by atoms with Gasteiger partial charge in [-0.1, -0.05) is 6.08 Å². The fourth-order valence-electron chi connectivity index (χ4n) is 0.391. The Balaban J connectivity index is 3.48. The fourth-order valence-corrected chi connectivity index (χ4v) is 0.391. The Kier molecular flexibility index (Phi) is 3.60. The van der Waals surface area contributed by atoms with Crippen molar-refractivity contribution in [3.8, 4) is 0 Å². The molecule has 0 fully saturated rings. The lowest BCUT2D eigenvalue weighted by atomic mass is 10.3. The van der Waals surface area contributed by atoms with Gasteiger partial charge in [-0.2, -0.15) is 0 Å². The smallest absolute Gasteiger partial charge is 0.152 e. The van der Waals surface area contributed by atoms with Gasteiger partial charge in [-0.25, -0.2) is 0 Å². The van der Waals surface area contributed by atoms with Gasteiger partial charge in [0.25, 0.3) is 0 Å². The van der Waals surface area contributed by atoms with Crippen molar-refractivity contribution >= 4 is 11.6 Å². The predicted molar refractivity (Wildman–Crippen MR) is 35.1 cm³/mol. The lowest BCUT2D eigenvalue weighted by Gasteiger charge is -1.80. The van der Waals surface area contributed by atoms with E-state index in [1.165, 1.54) is 19.9 Å². The lowest BCUT2D eigenvalue weighted by Crippen LogP contribution is -1.86. The number of ketones is 2. The van der Waals surface area contributed by atoms with E-state index in [2.05, 4.69) is 0 Å². The van der Waals surface area contributed by atoms with Crippen molar-refractivity contribution < 1.29 is 9.59 Å². The first-order valence-corrected chi connectivity index (χ1v) is 2.79. The highest BCUT2D eigenvalue weighted by molar-refractivity contribution is 5.88. The van der Waals surface area contributed by atoms with Crippen molar-refractivity contribution in [3.05, 3.63) is 12.2 Å². The van der Waals surface area contributed by atoms with E-state index in [1.807, 2.05) is 0 Å². The third-order valence-electron chi connectivity index (χ3n) is 0.758. The summed E-state index contributed by atoms with van der Waals surface area (Å²) in [6.45, 7) is 2.95. The molecular weight excluding hydrogens is 116 g/mol. The van der Waals surface area contributed by atoms with Crippen molar-refractivity contribution in [2.24, 2.45) is 0 Å². The molecule has 2 heteroatoms. The quantitative estimate of drug-likeness (QED) is 0.531. The zero-order valence-corrected chi connectivity index (χ0v) is 5.68. The number of carbonyl (C=O) groups excluding carboxylic acids is 2. The zero-order valence-electron chi connectivity index (χ0n) is 5.68. The highest BCUT2D eigenvalue weighted by Gasteiger charge is 1.86. The maximum atomic E-state index is 10.3. The Labute approximate surface area is 54.6 Å². The molecule has 9 heavy (non-hydrogen) atoms. The second-order valence-electron chi connectivity index (χ2n) is 1.92. The summed E-state index contributed by atoms with van der Waals surface area (Å²) in [7, 11) is 0. The van der Waals surface area contributed by atoms with E-state index < -0.39 is 0 Å². The highest BCUT2D eigenvalue weighted by Crippen LogP contribution is 1.84. The number of Topliss-reactive ketones (excluding diaryl/α,β-unsaturated/α-hetero) is 1. The molecule has 0 aromatic heterocycles. The number of hydrogen-bond donors (Lipinski definition) is 0. The minimum atomic E-state index is -0.0174. The average Bonchev–Trinajstić information content (AvgIpc) is 1.63. The summed E-state index contributed by atoms with van der Waals surface area (Å²) in [5.41, 5.74) is 0. The van der Waals surface area contributed by atoms with E-state index >= 15 is 0 Å². The molecule has 0 aliphatic heterocycles. The summed E-state index contributed by atoms with van der Waals surface area (Å²) >= 11 is 0. The van der Waals surface area contributed by atoms with Crippen LogP contribution in [-0.4, -0.2) is 11.6 Å².